The summed E-state index contributed by atoms with van der Waals surface area (Å²) in [6.45, 7) is 6.26. The summed E-state index contributed by atoms with van der Waals surface area (Å²) in [5, 5.41) is 0. The van der Waals surface area contributed by atoms with Crippen LogP contribution in [0.5, 0.6) is 0 Å². The Labute approximate surface area is 191 Å². The maximum atomic E-state index is 13.9. The minimum atomic E-state index is -4.19. The summed E-state index contributed by atoms with van der Waals surface area (Å²) in [5.41, 5.74) is 1.02. The monoisotopic (exact) mass is 482 g/mol. The number of carbonyl (C=O) groups excluding carboxylic acids is 2. The Kier molecular flexibility index (Phi) is 7.24. The summed E-state index contributed by atoms with van der Waals surface area (Å²) in [6, 6.07) is 4.01. The number of anilines is 1. The van der Waals surface area contributed by atoms with Crippen molar-refractivity contribution in [2.45, 2.75) is 50.8 Å². The van der Waals surface area contributed by atoms with Gasteiger partial charge in [-0.3, -0.25) is 9.52 Å². The molecule has 10 heteroatoms. The molecule has 174 valence electrons. The molecule has 0 spiro atoms. The summed E-state index contributed by atoms with van der Waals surface area (Å²) in [4.78, 5) is 27.5. The highest BCUT2D eigenvalue weighted by molar-refractivity contribution is 7.94. The van der Waals surface area contributed by atoms with Gasteiger partial charge in [-0.15, -0.1) is 11.3 Å². The molecule has 1 aliphatic rings. The molecule has 1 aromatic carbocycles. The first-order valence-electron chi connectivity index (χ1n) is 10.4. The zero-order valence-electron chi connectivity index (χ0n) is 18.5. The molecular weight excluding hydrogens is 455 g/mol. The SMILES string of the molecule is CC[C@@H](C)CC(=O)N1CCc2c(sc(S(=O)(=O)Nc3ccc(C)c(F)c3)c2C(=O)OC)C1. The molecule has 1 amide bonds. The number of ether oxygens (including phenoxy) is 1. The van der Waals surface area contributed by atoms with Crippen molar-refractivity contribution < 1.29 is 27.1 Å². The van der Waals surface area contributed by atoms with E-state index in [-0.39, 0.29) is 33.8 Å². The third-order valence-electron chi connectivity index (χ3n) is 5.65. The largest absolute Gasteiger partial charge is 0.465 e. The molecule has 1 N–H and O–H groups in total. The molecule has 0 fully saturated rings. The second kappa shape index (κ2) is 9.58. The number of amides is 1. The van der Waals surface area contributed by atoms with Crippen molar-refractivity contribution in [3.8, 4) is 0 Å². The number of nitrogens with one attached hydrogen (secondary N) is 1. The molecule has 0 saturated heterocycles. The first-order valence-corrected chi connectivity index (χ1v) is 12.7. The molecule has 0 saturated carbocycles. The molecular formula is C22H27FN2O5S2. The first-order chi connectivity index (χ1) is 15.1. The van der Waals surface area contributed by atoms with Crippen LogP contribution in [0.4, 0.5) is 10.1 Å². The summed E-state index contributed by atoms with van der Waals surface area (Å²) < 4.78 is 47.2. The topological polar surface area (TPSA) is 92.8 Å². The number of fused-ring (bicyclic) bond motifs is 1. The maximum absolute atomic E-state index is 13.9. The van der Waals surface area contributed by atoms with Crippen LogP contribution < -0.4 is 4.72 Å². The zero-order valence-corrected chi connectivity index (χ0v) is 20.2. The lowest BCUT2D eigenvalue weighted by atomic mass is 10.0. The van der Waals surface area contributed by atoms with Crippen molar-refractivity contribution in [1.29, 1.82) is 0 Å². The van der Waals surface area contributed by atoms with E-state index in [4.69, 9.17) is 4.74 Å². The van der Waals surface area contributed by atoms with Crippen LogP contribution >= 0.6 is 11.3 Å². The van der Waals surface area contributed by atoms with E-state index in [0.717, 1.165) is 23.8 Å². The van der Waals surface area contributed by atoms with Gasteiger partial charge in [0.25, 0.3) is 10.0 Å². The van der Waals surface area contributed by atoms with E-state index in [0.29, 0.717) is 35.4 Å². The van der Waals surface area contributed by atoms with Crippen LogP contribution in [0, 0.1) is 18.7 Å². The molecule has 0 aliphatic carbocycles. The van der Waals surface area contributed by atoms with Crippen LogP contribution in [0.1, 0.15) is 53.1 Å². The van der Waals surface area contributed by atoms with Crippen LogP contribution in [0.15, 0.2) is 22.4 Å². The van der Waals surface area contributed by atoms with E-state index in [9.17, 15) is 22.4 Å². The summed E-state index contributed by atoms with van der Waals surface area (Å²) >= 11 is 0.946. The fourth-order valence-electron chi connectivity index (χ4n) is 3.52. The average Bonchev–Trinajstić information content (AvgIpc) is 3.15. The number of sulfonamides is 1. The van der Waals surface area contributed by atoms with E-state index < -0.39 is 21.8 Å². The van der Waals surface area contributed by atoms with Gasteiger partial charge in [0.15, 0.2) is 4.21 Å². The second-order valence-corrected chi connectivity index (χ2v) is 11.0. The third-order valence-corrected chi connectivity index (χ3v) is 8.77. The Morgan fingerprint density at radius 1 is 1.34 bits per heavy atom. The van der Waals surface area contributed by atoms with Crippen molar-refractivity contribution in [2.24, 2.45) is 5.92 Å². The summed E-state index contributed by atoms with van der Waals surface area (Å²) in [5.74, 6) is -1.03. The number of halogens is 1. The molecule has 32 heavy (non-hydrogen) atoms. The number of carbonyl (C=O) groups is 2. The van der Waals surface area contributed by atoms with Gasteiger partial charge in [-0.2, -0.15) is 0 Å². The molecule has 3 rings (SSSR count). The van der Waals surface area contributed by atoms with Crippen LogP contribution in [0.2, 0.25) is 0 Å². The molecule has 1 aliphatic heterocycles. The molecule has 0 radical (unpaired) electrons. The van der Waals surface area contributed by atoms with Crippen LogP contribution in [-0.2, 0) is 32.5 Å². The van der Waals surface area contributed by atoms with Crippen molar-refractivity contribution >= 4 is 38.9 Å². The van der Waals surface area contributed by atoms with E-state index in [1.54, 1.807) is 11.8 Å². The van der Waals surface area contributed by atoms with Crippen molar-refractivity contribution in [3.63, 3.8) is 0 Å². The van der Waals surface area contributed by atoms with Gasteiger partial charge < -0.3 is 9.64 Å². The number of benzene rings is 1. The van der Waals surface area contributed by atoms with Crippen molar-refractivity contribution in [1.82, 2.24) is 4.90 Å². The average molecular weight is 483 g/mol. The smallest absolute Gasteiger partial charge is 0.340 e. The summed E-state index contributed by atoms with van der Waals surface area (Å²) in [6.07, 6.45) is 1.67. The van der Waals surface area contributed by atoms with E-state index >= 15 is 0 Å². The lowest BCUT2D eigenvalue weighted by Gasteiger charge is -2.28. The van der Waals surface area contributed by atoms with Crippen molar-refractivity contribution in [2.75, 3.05) is 18.4 Å². The number of hydrogen-bond donors (Lipinski definition) is 1. The summed E-state index contributed by atoms with van der Waals surface area (Å²) in [7, 11) is -3.00. The fourth-order valence-corrected chi connectivity index (χ4v) is 6.47. The first kappa shape index (κ1) is 24.2. The van der Waals surface area contributed by atoms with Crippen LogP contribution in [-0.4, -0.2) is 38.8 Å². The highest BCUT2D eigenvalue weighted by Crippen LogP contribution is 2.37. The number of nitrogens with zero attached hydrogens (tertiary/aromatic N) is 1. The highest BCUT2D eigenvalue weighted by atomic mass is 32.2. The molecule has 1 aromatic heterocycles. The van der Waals surface area contributed by atoms with Gasteiger partial charge in [0.2, 0.25) is 5.91 Å². The van der Waals surface area contributed by atoms with Crippen molar-refractivity contribution in [3.05, 3.63) is 45.6 Å². The van der Waals surface area contributed by atoms with E-state index in [1.165, 1.54) is 19.2 Å². The van der Waals surface area contributed by atoms with Gasteiger partial charge in [0.05, 0.1) is 24.9 Å². The predicted octanol–water partition coefficient (Wildman–Crippen LogP) is 4.10. The molecule has 2 aromatic rings. The van der Waals surface area contributed by atoms with Crippen LogP contribution in [0.25, 0.3) is 0 Å². The Morgan fingerprint density at radius 3 is 2.69 bits per heavy atom. The van der Waals surface area contributed by atoms with E-state index in [1.807, 2.05) is 13.8 Å². The molecule has 7 nitrogen and oxygen atoms in total. The normalized spacial score (nSPS) is 14.6. The van der Waals surface area contributed by atoms with Crippen LogP contribution in [0.3, 0.4) is 0 Å². The minimum absolute atomic E-state index is 0.00989. The Morgan fingerprint density at radius 2 is 2.06 bits per heavy atom. The molecule has 0 unspecified atom stereocenters. The Bertz CT molecular complexity index is 1140. The highest BCUT2D eigenvalue weighted by Gasteiger charge is 2.35. The number of thiophene rings is 1. The van der Waals surface area contributed by atoms with Gasteiger partial charge in [0.1, 0.15) is 5.82 Å². The number of aryl methyl sites for hydroxylation is 1. The maximum Gasteiger partial charge on any atom is 0.340 e. The predicted molar refractivity (Wildman–Crippen MR) is 121 cm³/mol. The Hall–Kier alpha value is -2.46. The van der Waals surface area contributed by atoms with Gasteiger partial charge >= 0.3 is 5.97 Å². The quantitative estimate of drug-likeness (QED) is 0.600. The third kappa shape index (κ3) is 4.96. The number of rotatable bonds is 7. The number of esters is 1. The second-order valence-electron chi connectivity index (χ2n) is 8.01. The molecule has 1 atom stereocenters. The van der Waals surface area contributed by atoms with Gasteiger partial charge in [0, 0.05) is 17.8 Å². The lowest BCUT2D eigenvalue weighted by Crippen LogP contribution is -2.36. The standard InChI is InChI=1S/C22H27FN2O5S2/c1-5-13(2)10-19(26)25-9-8-16-18(12-25)31-22(20(16)21(27)30-4)32(28,29)24-15-7-6-14(3)17(23)11-15/h6-7,11,13,24H,5,8-10,12H2,1-4H3/t13-/m1/s1. The Balaban J connectivity index is 1.96. The van der Waals surface area contributed by atoms with Gasteiger partial charge in [-0.1, -0.05) is 26.3 Å². The lowest BCUT2D eigenvalue weighted by molar-refractivity contribution is -0.133. The zero-order chi connectivity index (χ0) is 23.6. The molecule has 2 heterocycles. The van der Waals surface area contributed by atoms with Gasteiger partial charge in [-0.05, 0) is 42.5 Å². The fraction of sp³-hybridized carbons (Fsp3) is 0.455. The number of hydrogen-bond acceptors (Lipinski definition) is 6. The molecule has 0 bridgehead atoms. The minimum Gasteiger partial charge on any atom is -0.465 e. The van der Waals surface area contributed by atoms with E-state index in [2.05, 4.69) is 4.72 Å². The van der Waals surface area contributed by atoms with Gasteiger partial charge in [-0.25, -0.2) is 17.6 Å². The number of methoxy groups -OCH3 is 1.